The molecule has 1 amide bonds. The molecule has 0 spiro atoms. The van der Waals surface area contributed by atoms with Crippen LogP contribution in [0.5, 0.6) is 0 Å². The van der Waals surface area contributed by atoms with Crippen molar-refractivity contribution in [1.82, 2.24) is 4.90 Å². The lowest BCUT2D eigenvalue weighted by Crippen LogP contribution is -2.39. The van der Waals surface area contributed by atoms with Crippen molar-refractivity contribution >= 4 is 18.3 Å². The monoisotopic (exact) mass is 318 g/mol. The summed E-state index contributed by atoms with van der Waals surface area (Å²) in [4.78, 5) is 14.3. The van der Waals surface area contributed by atoms with Gasteiger partial charge in [-0.2, -0.15) is 0 Å². The topological polar surface area (TPSA) is 46.3 Å². The van der Waals surface area contributed by atoms with Gasteiger partial charge >= 0.3 is 0 Å². The molecule has 3 nitrogen and oxygen atoms in total. The first kappa shape index (κ1) is 18.2. The Kier molecular flexibility index (Phi) is 7.64. The van der Waals surface area contributed by atoms with Gasteiger partial charge in [0.25, 0.3) is 0 Å². The molecule has 118 valence electrons. The van der Waals surface area contributed by atoms with Crippen LogP contribution in [0.3, 0.4) is 0 Å². The van der Waals surface area contributed by atoms with E-state index < -0.39 is 6.04 Å². The first-order valence-electron chi connectivity index (χ1n) is 7.35. The van der Waals surface area contributed by atoms with Crippen LogP contribution in [0.1, 0.15) is 24.1 Å². The van der Waals surface area contributed by atoms with E-state index in [1.165, 1.54) is 5.56 Å². The number of rotatable bonds is 6. The van der Waals surface area contributed by atoms with Gasteiger partial charge in [-0.3, -0.25) is 4.79 Å². The van der Waals surface area contributed by atoms with Crippen LogP contribution in [-0.2, 0) is 11.2 Å². The van der Waals surface area contributed by atoms with Crippen LogP contribution in [0.15, 0.2) is 60.7 Å². The molecule has 0 aromatic heterocycles. The number of benzene rings is 2. The molecule has 2 aromatic rings. The summed E-state index contributed by atoms with van der Waals surface area (Å²) >= 11 is 0. The van der Waals surface area contributed by atoms with Gasteiger partial charge in [0.1, 0.15) is 6.04 Å². The zero-order chi connectivity index (χ0) is 15.1. The van der Waals surface area contributed by atoms with Crippen LogP contribution in [0, 0.1) is 0 Å². The number of nitrogens with two attached hydrogens (primary N) is 1. The molecular weight excluding hydrogens is 296 g/mol. The van der Waals surface area contributed by atoms with Crippen molar-refractivity contribution in [2.75, 3.05) is 13.1 Å². The molecular formula is C18H23ClN2O. The fourth-order valence-electron chi connectivity index (χ4n) is 2.33. The third kappa shape index (κ3) is 4.86. The molecule has 0 radical (unpaired) electrons. The first-order valence-corrected chi connectivity index (χ1v) is 7.35. The van der Waals surface area contributed by atoms with Gasteiger partial charge in [0.15, 0.2) is 0 Å². The van der Waals surface area contributed by atoms with Crippen molar-refractivity contribution in [3.63, 3.8) is 0 Å². The number of hydrogen-bond donors (Lipinski definition) is 1. The number of carbonyl (C=O) groups is 1. The number of carbonyl (C=O) groups excluding carboxylic acids is 1. The fourth-order valence-corrected chi connectivity index (χ4v) is 2.33. The quantitative estimate of drug-likeness (QED) is 0.889. The summed E-state index contributed by atoms with van der Waals surface area (Å²) in [6, 6.07) is 19.1. The number of likely N-dealkylation sites (N-methyl/N-ethyl adjacent to an activating group) is 1. The predicted octanol–water partition coefficient (Wildman–Crippen LogP) is 3.20. The largest absolute Gasteiger partial charge is 0.341 e. The van der Waals surface area contributed by atoms with E-state index in [0.717, 1.165) is 12.0 Å². The SMILES string of the molecule is CCN(CCc1ccccc1)C(=O)C(N)c1ccccc1.Cl. The van der Waals surface area contributed by atoms with Gasteiger partial charge in [-0.05, 0) is 24.5 Å². The van der Waals surface area contributed by atoms with Crippen LogP contribution in [0.2, 0.25) is 0 Å². The molecule has 0 fully saturated rings. The van der Waals surface area contributed by atoms with Crippen molar-refractivity contribution in [1.29, 1.82) is 0 Å². The van der Waals surface area contributed by atoms with Gasteiger partial charge in [-0.25, -0.2) is 0 Å². The predicted molar refractivity (Wildman–Crippen MR) is 93.0 cm³/mol. The average Bonchev–Trinajstić information content (AvgIpc) is 2.56. The van der Waals surface area contributed by atoms with Gasteiger partial charge < -0.3 is 10.6 Å². The maximum atomic E-state index is 12.5. The summed E-state index contributed by atoms with van der Waals surface area (Å²) in [7, 11) is 0. The summed E-state index contributed by atoms with van der Waals surface area (Å²) in [5, 5.41) is 0. The smallest absolute Gasteiger partial charge is 0.244 e. The fraction of sp³-hybridized carbons (Fsp3) is 0.278. The number of halogens is 1. The highest BCUT2D eigenvalue weighted by Gasteiger charge is 2.20. The summed E-state index contributed by atoms with van der Waals surface area (Å²) in [6.45, 7) is 3.35. The molecule has 2 rings (SSSR count). The normalized spacial score (nSPS) is 11.4. The Bertz CT molecular complexity index is 560. The molecule has 1 unspecified atom stereocenters. The summed E-state index contributed by atoms with van der Waals surface area (Å²) < 4.78 is 0. The average molecular weight is 319 g/mol. The van der Waals surface area contributed by atoms with Crippen molar-refractivity contribution < 1.29 is 4.79 Å². The van der Waals surface area contributed by atoms with E-state index in [2.05, 4.69) is 12.1 Å². The highest BCUT2D eigenvalue weighted by molar-refractivity contribution is 5.85. The molecule has 2 aromatic carbocycles. The minimum atomic E-state index is -0.582. The van der Waals surface area contributed by atoms with E-state index in [1.807, 2.05) is 60.4 Å². The maximum absolute atomic E-state index is 12.5. The zero-order valence-electron chi connectivity index (χ0n) is 12.8. The third-order valence-electron chi connectivity index (χ3n) is 3.63. The van der Waals surface area contributed by atoms with Crippen LogP contribution in [0.25, 0.3) is 0 Å². The van der Waals surface area contributed by atoms with Gasteiger partial charge in [-0.1, -0.05) is 60.7 Å². The van der Waals surface area contributed by atoms with Crippen LogP contribution in [-0.4, -0.2) is 23.9 Å². The Morgan fingerprint density at radius 2 is 1.59 bits per heavy atom. The van der Waals surface area contributed by atoms with E-state index >= 15 is 0 Å². The molecule has 4 heteroatoms. The third-order valence-corrected chi connectivity index (χ3v) is 3.63. The molecule has 0 aliphatic carbocycles. The molecule has 0 saturated carbocycles. The molecule has 0 aliphatic rings. The molecule has 0 aliphatic heterocycles. The first-order chi connectivity index (χ1) is 10.2. The second-order valence-corrected chi connectivity index (χ2v) is 5.04. The standard InChI is InChI=1S/C18H22N2O.ClH/c1-2-20(14-13-15-9-5-3-6-10-15)18(21)17(19)16-11-7-4-8-12-16;/h3-12,17H,2,13-14,19H2,1H3;1H. The van der Waals surface area contributed by atoms with Crippen molar-refractivity contribution in [3.8, 4) is 0 Å². The van der Waals surface area contributed by atoms with E-state index in [0.29, 0.717) is 13.1 Å². The van der Waals surface area contributed by atoms with Crippen molar-refractivity contribution in [2.24, 2.45) is 5.73 Å². The lowest BCUT2D eigenvalue weighted by atomic mass is 10.1. The zero-order valence-corrected chi connectivity index (χ0v) is 13.6. The van der Waals surface area contributed by atoms with Gasteiger partial charge in [0, 0.05) is 13.1 Å². The molecule has 0 saturated heterocycles. The highest BCUT2D eigenvalue weighted by atomic mass is 35.5. The van der Waals surface area contributed by atoms with E-state index in [1.54, 1.807) is 0 Å². The molecule has 0 bridgehead atoms. The van der Waals surface area contributed by atoms with Gasteiger partial charge in [0.05, 0.1) is 0 Å². The Labute approximate surface area is 138 Å². The van der Waals surface area contributed by atoms with E-state index in [-0.39, 0.29) is 18.3 Å². The minimum absolute atomic E-state index is 0. The Balaban J connectivity index is 0.00000242. The molecule has 2 N–H and O–H groups in total. The lowest BCUT2D eigenvalue weighted by molar-refractivity contribution is -0.132. The molecule has 0 heterocycles. The number of hydrogen-bond acceptors (Lipinski definition) is 2. The van der Waals surface area contributed by atoms with Crippen molar-refractivity contribution in [2.45, 2.75) is 19.4 Å². The van der Waals surface area contributed by atoms with Crippen LogP contribution >= 0.6 is 12.4 Å². The lowest BCUT2D eigenvalue weighted by Gasteiger charge is -2.24. The second-order valence-electron chi connectivity index (χ2n) is 5.04. The van der Waals surface area contributed by atoms with E-state index in [4.69, 9.17) is 5.73 Å². The Morgan fingerprint density at radius 1 is 1.05 bits per heavy atom. The van der Waals surface area contributed by atoms with Gasteiger partial charge in [0.2, 0.25) is 5.91 Å². The number of nitrogens with zero attached hydrogens (tertiary/aromatic N) is 1. The molecule has 22 heavy (non-hydrogen) atoms. The maximum Gasteiger partial charge on any atom is 0.244 e. The van der Waals surface area contributed by atoms with Crippen molar-refractivity contribution in [3.05, 3.63) is 71.8 Å². The minimum Gasteiger partial charge on any atom is -0.341 e. The van der Waals surface area contributed by atoms with Crippen LogP contribution in [0.4, 0.5) is 0 Å². The van der Waals surface area contributed by atoms with Crippen LogP contribution < -0.4 is 5.73 Å². The highest BCUT2D eigenvalue weighted by Crippen LogP contribution is 2.13. The summed E-state index contributed by atoms with van der Waals surface area (Å²) in [5.74, 6) is -0.0142. The summed E-state index contributed by atoms with van der Waals surface area (Å²) in [5.41, 5.74) is 8.19. The van der Waals surface area contributed by atoms with Gasteiger partial charge in [-0.15, -0.1) is 12.4 Å². The Hall–Kier alpha value is -1.84. The van der Waals surface area contributed by atoms with E-state index in [9.17, 15) is 4.79 Å². The second kappa shape index (κ2) is 9.23. The summed E-state index contributed by atoms with van der Waals surface area (Å²) in [6.07, 6.45) is 0.849. The Morgan fingerprint density at radius 3 is 2.14 bits per heavy atom. The molecule has 1 atom stereocenters. The number of amides is 1.